The number of hydrogen-bond acceptors (Lipinski definition) is 3. The first kappa shape index (κ1) is 8.21. The van der Waals surface area contributed by atoms with Gasteiger partial charge in [-0.15, -0.1) is 0 Å². The summed E-state index contributed by atoms with van der Waals surface area (Å²) in [6, 6.07) is 2.13. The molecule has 0 unspecified atom stereocenters. The average Bonchev–Trinajstić information content (AvgIpc) is 2.19. The topological polar surface area (TPSA) is 45.9 Å². The zero-order valence-electron chi connectivity index (χ0n) is 7.50. The molecule has 3 nitrogen and oxygen atoms in total. The van der Waals surface area contributed by atoms with E-state index in [1.807, 2.05) is 6.92 Å². The fraction of sp³-hybridized carbons (Fsp3) is 0.400. The molecule has 2 heterocycles. The molecule has 0 aromatic carbocycles. The van der Waals surface area contributed by atoms with Gasteiger partial charge in [-0.05, 0) is 12.5 Å². The lowest BCUT2D eigenvalue weighted by molar-refractivity contribution is 0.108. The minimum Gasteiger partial charge on any atom is -0.376 e. The molecule has 0 fully saturated rings. The van der Waals surface area contributed by atoms with Crippen molar-refractivity contribution >= 4 is 0 Å². The van der Waals surface area contributed by atoms with E-state index in [-0.39, 0.29) is 0 Å². The summed E-state index contributed by atoms with van der Waals surface area (Å²) in [5.41, 5.74) is 3.87. The van der Waals surface area contributed by atoms with Crippen LogP contribution in [0.1, 0.15) is 22.4 Å². The predicted molar refractivity (Wildman–Crippen MR) is 47.0 cm³/mol. The van der Waals surface area contributed by atoms with Gasteiger partial charge in [0.05, 0.1) is 18.8 Å². The van der Waals surface area contributed by atoms with Gasteiger partial charge in [-0.2, -0.15) is 5.26 Å². The van der Waals surface area contributed by atoms with Gasteiger partial charge >= 0.3 is 0 Å². The summed E-state index contributed by atoms with van der Waals surface area (Å²) in [7, 11) is 0. The lowest BCUT2D eigenvalue weighted by atomic mass is 10.0. The molecule has 1 aliphatic rings. The highest BCUT2D eigenvalue weighted by Crippen LogP contribution is 2.20. The number of nitriles is 1. The second-order valence-electron chi connectivity index (χ2n) is 3.14. The maximum atomic E-state index is 8.79. The Bertz CT molecular complexity index is 379. The van der Waals surface area contributed by atoms with E-state index in [0.29, 0.717) is 12.2 Å². The Morgan fingerprint density at radius 2 is 2.46 bits per heavy atom. The normalized spacial score (nSPS) is 14.8. The lowest BCUT2D eigenvalue weighted by Gasteiger charge is -2.17. The van der Waals surface area contributed by atoms with Crippen LogP contribution < -0.4 is 0 Å². The average molecular weight is 174 g/mol. The fourth-order valence-electron chi connectivity index (χ4n) is 1.56. The van der Waals surface area contributed by atoms with Crippen molar-refractivity contribution in [2.75, 3.05) is 6.61 Å². The molecule has 3 heteroatoms. The Balaban J connectivity index is 2.56. The molecule has 0 aliphatic carbocycles. The van der Waals surface area contributed by atoms with Gasteiger partial charge in [0.2, 0.25) is 0 Å². The molecule has 13 heavy (non-hydrogen) atoms. The Labute approximate surface area is 77.0 Å². The number of hydrogen-bond donors (Lipinski definition) is 0. The van der Waals surface area contributed by atoms with Gasteiger partial charge in [-0.3, -0.25) is 4.98 Å². The van der Waals surface area contributed by atoms with Gasteiger partial charge in [-0.25, -0.2) is 0 Å². The molecule has 0 saturated carbocycles. The Morgan fingerprint density at radius 3 is 3.23 bits per heavy atom. The molecule has 1 aromatic rings. The van der Waals surface area contributed by atoms with Gasteiger partial charge in [-0.1, -0.05) is 0 Å². The van der Waals surface area contributed by atoms with E-state index in [4.69, 9.17) is 10.00 Å². The van der Waals surface area contributed by atoms with E-state index in [9.17, 15) is 0 Å². The molecule has 0 radical (unpaired) electrons. The molecule has 0 N–H and O–H groups in total. The molecular formula is C10H10N2O. The highest BCUT2D eigenvalue weighted by atomic mass is 16.5. The van der Waals surface area contributed by atoms with Gasteiger partial charge < -0.3 is 4.74 Å². The van der Waals surface area contributed by atoms with Crippen molar-refractivity contribution in [2.24, 2.45) is 0 Å². The van der Waals surface area contributed by atoms with Crippen LogP contribution in [0.4, 0.5) is 0 Å². The molecule has 1 aromatic heterocycles. The van der Waals surface area contributed by atoms with E-state index >= 15 is 0 Å². The fourth-order valence-corrected chi connectivity index (χ4v) is 1.56. The predicted octanol–water partition coefficient (Wildman–Crippen LogP) is 1.33. The summed E-state index contributed by atoms with van der Waals surface area (Å²) >= 11 is 0. The molecule has 0 saturated heterocycles. The second kappa shape index (κ2) is 3.15. The minimum atomic E-state index is 0.601. The van der Waals surface area contributed by atoms with Crippen LogP contribution in [0, 0.1) is 18.3 Å². The number of nitrogens with zero attached hydrogens (tertiary/aromatic N) is 2. The van der Waals surface area contributed by atoms with Crippen LogP contribution in [0.15, 0.2) is 6.20 Å². The summed E-state index contributed by atoms with van der Waals surface area (Å²) in [4.78, 5) is 4.25. The zero-order chi connectivity index (χ0) is 9.26. The van der Waals surface area contributed by atoms with Crippen molar-refractivity contribution < 1.29 is 4.74 Å². The van der Waals surface area contributed by atoms with Crippen LogP contribution in [-0.2, 0) is 17.8 Å². The number of rotatable bonds is 0. The first-order valence-electron chi connectivity index (χ1n) is 4.28. The summed E-state index contributed by atoms with van der Waals surface area (Å²) < 4.78 is 5.33. The summed E-state index contributed by atoms with van der Waals surface area (Å²) in [5.74, 6) is 0. The standard InChI is InChI=1S/C10H10N2O/c1-7-8(4-11)5-12-10-2-3-13-6-9(7)10/h5H,2-3,6H2,1H3. The Kier molecular flexibility index (Phi) is 1.99. The monoisotopic (exact) mass is 174 g/mol. The van der Waals surface area contributed by atoms with E-state index < -0.39 is 0 Å². The molecule has 0 amide bonds. The summed E-state index contributed by atoms with van der Waals surface area (Å²) in [5, 5.41) is 8.79. The van der Waals surface area contributed by atoms with Crippen molar-refractivity contribution in [3.8, 4) is 6.07 Å². The summed E-state index contributed by atoms with van der Waals surface area (Å²) in [6.07, 6.45) is 2.52. The third-order valence-electron chi connectivity index (χ3n) is 2.40. The van der Waals surface area contributed by atoms with Gasteiger partial charge in [0.25, 0.3) is 0 Å². The quantitative estimate of drug-likeness (QED) is 0.596. The van der Waals surface area contributed by atoms with Crippen molar-refractivity contribution in [1.82, 2.24) is 4.98 Å². The van der Waals surface area contributed by atoms with E-state index in [2.05, 4.69) is 11.1 Å². The molecular weight excluding hydrogens is 164 g/mol. The number of pyridine rings is 1. The van der Waals surface area contributed by atoms with Crippen molar-refractivity contribution in [1.29, 1.82) is 5.26 Å². The van der Waals surface area contributed by atoms with Crippen molar-refractivity contribution in [3.63, 3.8) is 0 Å². The van der Waals surface area contributed by atoms with Gasteiger partial charge in [0, 0.05) is 23.9 Å². The number of ether oxygens (including phenoxy) is 1. The van der Waals surface area contributed by atoms with Crippen LogP contribution in [0.3, 0.4) is 0 Å². The van der Waals surface area contributed by atoms with Crippen LogP contribution in [0.2, 0.25) is 0 Å². The molecule has 66 valence electrons. The third-order valence-corrected chi connectivity index (χ3v) is 2.40. The van der Waals surface area contributed by atoms with Crippen LogP contribution >= 0.6 is 0 Å². The van der Waals surface area contributed by atoms with Gasteiger partial charge in [0.15, 0.2) is 0 Å². The first-order chi connectivity index (χ1) is 6.33. The molecule has 0 spiro atoms. The largest absolute Gasteiger partial charge is 0.376 e. The first-order valence-corrected chi connectivity index (χ1v) is 4.28. The third kappa shape index (κ3) is 1.30. The van der Waals surface area contributed by atoms with Crippen molar-refractivity contribution in [2.45, 2.75) is 20.0 Å². The number of aromatic nitrogens is 1. The lowest BCUT2D eigenvalue weighted by Crippen LogP contribution is -2.13. The SMILES string of the molecule is Cc1c(C#N)cnc2c1COCC2. The Hall–Kier alpha value is -1.40. The molecule has 0 bridgehead atoms. The summed E-state index contributed by atoms with van der Waals surface area (Å²) in [6.45, 7) is 3.29. The van der Waals surface area contributed by atoms with Crippen LogP contribution in [0.5, 0.6) is 0 Å². The van der Waals surface area contributed by atoms with Crippen LogP contribution in [0.25, 0.3) is 0 Å². The van der Waals surface area contributed by atoms with E-state index in [0.717, 1.165) is 29.8 Å². The Morgan fingerprint density at radius 1 is 1.62 bits per heavy atom. The smallest absolute Gasteiger partial charge is 0.101 e. The van der Waals surface area contributed by atoms with E-state index in [1.165, 1.54) is 0 Å². The minimum absolute atomic E-state index is 0.601. The number of fused-ring (bicyclic) bond motifs is 1. The molecule has 0 atom stereocenters. The molecule has 2 rings (SSSR count). The zero-order valence-corrected chi connectivity index (χ0v) is 7.50. The van der Waals surface area contributed by atoms with Crippen LogP contribution in [-0.4, -0.2) is 11.6 Å². The maximum absolute atomic E-state index is 8.79. The van der Waals surface area contributed by atoms with Gasteiger partial charge in [0.1, 0.15) is 6.07 Å². The van der Waals surface area contributed by atoms with E-state index in [1.54, 1.807) is 6.20 Å². The van der Waals surface area contributed by atoms with Crippen molar-refractivity contribution in [3.05, 3.63) is 28.6 Å². The highest BCUT2D eigenvalue weighted by Gasteiger charge is 2.14. The highest BCUT2D eigenvalue weighted by molar-refractivity contribution is 5.42. The second-order valence-corrected chi connectivity index (χ2v) is 3.14. The molecule has 1 aliphatic heterocycles. The maximum Gasteiger partial charge on any atom is 0.101 e.